The molecule has 1 heterocycles. The number of aliphatic imine (C=N–C) groups is 1. The van der Waals surface area contributed by atoms with Gasteiger partial charge in [-0.2, -0.15) is 0 Å². The molecule has 1 fully saturated rings. The quantitative estimate of drug-likeness (QED) is 0.234. The second-order valence-electron chi connectivity index (χ2n) is 5.57. The maximum absolute atomic E-state index is 13.8. The molecule has 1 unspecified atom stereocenters. The predicted octanol–water partition coefficient (Wildman–Crippen LogP) is 3.46. The van der Waals surface area contributed by atoms with Gasteiger partial charge in [-0.05, 0) is 31.9 Å². The monoisotopic (exact) mass is 529 g/mol. The second-order valence-corrected chi connectivity index (χ2v) is 6.48. The molecule has 1 aliphatic rings. The van der Waals surface area contributed by atoms with E-state index in [0.29, 0.717) is 31.3 Å². The topological polar surface area (TPSA) is 54.9 Å². The fourth-order valence-corrected chi connectivity index (χ4v) is 2.66. The van der Waals surface area contributed by atoms with Crippen molar-refractivity contribution >= 4 is 45.9 Å². The van der Waals surface area contributed by atoms with Crippen LogP contribution in [-0.4, -0.2) is 45.0 Å². The second kappa shape index (κ2) is 12.8. The molecule has 0 spiro atoms. The highest BCUT2D eigenvalue weighted by Gasteiger charge is 2.15. The van der Waals surface area contributed by atoms with Crippen molar-refractivity contribution in [3.8, 4) is 0 Å². The highest BCUT2D eigenvalue weighted by atomic mass is 127. The number of halogens is 3. The van der Waals surface area contributed by atoms with Crippen LogP contribution in [0.3, 0.4) is 0 Å². The van der Waals surface area contributed by atoms with E-state index >= 15 is 0 Å². The van der Waals surface area contributed by atoms with E-state index in [9.17, 15) is 4.39 Å². The molecule has 25 heavy (non-hydrogen) atoms. The van der Waals surface area contributed by atoms with Crippen LogP contribution in [0.5, 0.6) is 0 Å². The Kier molecular flexibility index (Phi) is 11.6. The molecule has 1 atom stereocenters. The van der Waals surface area contributed by atoms with E-state index in [2.05, 4.69) is 31.6 Å². The predicted molar refractivity (Wildman–Crippen MR) is 112 cm³/mol. The average molecular weight is 530 g/mol. The fourth-order valence-electron chi connectivity index (χ4n) is 2.33. The van der Waals surface area contributed by atoms with Crippen LogP contribution in [0.1, 0.15) is 25.3 Å². The standard InChI is InChI=1S/C17H25BrFN3O2.HI/c1-2-20-17(21-7-3-8-24-15-6-9-23-12-15)22-11-13-4-5-14(18)10-16(13)19;/h4-5,10,15H,2-3,6-9,11-12H2,1H3,(H2,20,21,22);1H. The molecule has 0 radical (unpaired) electrons. The number of benzene rings is 1. The van der Waals surface area contributed by atoms with E-state index in [1.54, 1.807) is 6.07 Å². The van der Waals surface area contributed by atoms with E-state index in [1.807, 2.05) is 13.0 Å². The first kappa shape index (κ1) is 22.6. The smallest absolute Gasteiger partial charge is 0.191 e. The minimum atomic E-state index is -0.254. The molecule has 1 saturated heterocycles. The zero-order chi connectivity index (χ0) is 17.2. The lowest BCUT2D eigenvalue weighted by Gasteiger charge is -2.13. The Morgan fingerprint density at radius 2 is 2.28 bits per heavy atom. The number of guanidine groups is 1. The molecule has 0 aliphatic carbocycles. The summed E-state index contributed by atoms with van der Waals surface area (Å²) in [4.78, 5) is 4.43. The number of hydrogen-bond donors (Lipinski definition) is 2. The van der Waals surface area contributed by atoms with Crippen LogP contribution < -0.4 is 10.6 Å². The van der Waals surface area contributed by atoms with Crippen molar-refractivity contribution in [1.82, 2.24) is 10.6 Å². The van der Waals surface area contributed by atoms with Gasteiger partial charge in [0.25, 0.3) is 0 Å². The Morgan fingerprint density at radius 1 is 1.44 bits per heavy atom. The normalized spacial score (nSPS) is 17.2. The van der Waals surface area contributed by atoms with Crippen LogP contribution in [0.2, 0.25) is 0 Å². The van der Waals surface area contributed by atoms with Gasteiger partial charge in [-0.1, -0.05) is 22.0 Å². The minimum absolute atomic E-state index is 0. The molecule has 5 nitrogen and oxygen atoms in total. The van der Waals surface area contributed by atoms with E-state index in [0.717, 1.165) is 37.0 Å². The molecule has 0 aromatic heterocycles. The van der Waals surface area contributed by atoms with Gasteiger partial charge in [0.2, 0.25) is 0 Å². The summed E-state index contributed by atoms with van der Waals surface area (Å²) in [6, 6.07) is 5.01. The summed E-state index contributed by atoms with van der Waals surface area (Å²) < 4.78 is 25.5. The Hall–Kier alpha value is -0.450. The molecule has 142 valence electrons. The van der Waals surface area contributed by atoms with Crippen molar-refractivity contribution in [3.63, 3.8) is 0 Å². The van der Waals surface area contributed by atoms with Crippen molar-refractivity contribution in [3.05, 3.63) is 34.1 Å². The highest BCUT2D eigenvalue weighted by Crippen LogP contribution is 2.15. The van der Waals surface area contributed by atoms with Gasteiger partial charge in [0.15, 0.2) is 5.96 Å². The molecule has 8 heteroatoms. The van der Waals surface area contributed by atoms with Crippen LogP contribution >= 0.6 is 39.9 Å². The third kappa shape index (κ3) is 8.65. The number of ether oxygens (including phenoxy) is 2. The van der Waals surface area contributed by atoms with Gasteiger partial charge in [0.05, 0.1) is 19.3 Å². The van der Waals surface area contributed by atoms with Crippen molar-refractivity contribution in [2.75, 3.05) is 32.9 Å². The van der Waals surface area contributed by atoms with Gasteiger partial charge in [0, 0.05) is 36.3 Å². The van der Waals surface area contributed by atoms with Crippen LogP contribution in [0.15, 0.2) is 27.7 Å². The van der Waals surface area contributed by atoms with Crippen molar-refractivity contribution in [2.45, 2.75) is 32.4 Å². The Morgan fingerprint density at radius 3 is 2.96 bits per heavy atom. The number of nitrogens with one attached hydrogen (secondary N) is 2. The summed E-state index contributed by atoms with van der Waals surface area (Å²) in [7, 11) is 0. The third-order valence-electron chi connectivity index (χ3n) is 3.62. The first-order chi connectivity index (χ1) is 11.7. The maximum Gasteiger partial charge on any atom is 0.191 e. The van der Waals surface area contributed by atoms with Gasteiger partial charge in [-0.25, -0.2) is 9.38 Å². The molecular formula is C17H26BrFIN3O2. The van der Waals surface area contributed by atoms with Gasteiger partial charge >= 0.3 is 0 Å². The first-order valence-electron chi connectivity index (χ1n) is 8.34. The average Bonchev–Trinajstić information content (AvgIpc) is 3.07. The summed E-state index contributed by atoms with van der Waals surface area (Å²) in [6.45, 7) is 6.00. The van der Waals surface area contributed by atoms with E-state index in [4.69, 9.17) is 9.47 Å². The van der Waals surface area contributed by atoms with E-state index in [1.165, 1.54) is 6.07 Å². The Labute approximate surface area is 174 Å². The summed E-state index contributed by atoms with van der Waals surface area (Å²) in [6.07, 6.45) is 2.11. The SMILES string of the molecule is CCNC(=NCc1ccc(Br)cc1F)NCCCOC1CCOC1.I. The van der Waals surface area contributed by atoms with E-state index in [-0.39, 0.29) is 35.9 Å². The highest BCUT2D eigenvalue weighted by molar-refractivity contribution is 14.0. The molecule has 0 amide bonds. The van der Waals surface area contributed by atoms with Crippen molar-refractivity contribution < 1.29 is 13.9 Å². The first-order valence-corrected chi connectivity index (χ1v) is 9.13. The molecule has 2 N–H and O–H groups in total. The van der Waals surface area contributed by atoms with Crippen LogP contribution in [-0.2, 0) is 16.0 Å². The lowest BCUT2D eigenvalue weighted by Crippen LogP contribution is -2.38. The lowest BCUT2D eigenvalue weighted by atomic mass is 10.2. The summed E-state index contributed by atoms with van der Waals surface area (Å²) in [5.74, 6) is 0.431. The lowest BCUT2D eigenvalue weighted by molar-refractivity contribution is 0.0420. The summed E-state index contributed by atoms with van der Waals surface area (Å²) in [5.41, 5.74) is 0.569. The summed E-state index contributed by atoms with van der Waals surface area (Å²) in [5, 5.41) is 6.41. The molecule has 2 rings (SSSR count). The number of nitrogens with zero attached hydrogens (tertiary/aromatic N) is 1. The van der Waals surface area contributed by atoms with Gasteiger partial charge in [-0.3, -0.25) is 0 Å². The largest absolute Gasteiger partial charge is 0.379 e. The van der Waals surface area contributed by atoms with E-state index < -0.39 is 0 Å². The van der Waals surface area contributed by atoms with Crippen LogP contribution in [0.4, 0.5) is 4.39 Å². The molecule has 0 saturated carbocycles. The Balaban J connectivity index is 0.00000312. The molecule has 0 bridgehead atoms. The summed E-state index contributed by atoms with van der Waals surface area (Å²) >= 11 is 3.25. The van der Waals surface area contributed by atoms with Gasteiger partial charge in [-0.15, -0.1) is 24.0 Å². The maximum atomic E-state index is 13.8. The zero-order valence-electron chi connectivity index (χ0n) is 14.4. The Bertz CT molecular complexity index is 543. The van der Waals surface area contributed by atoms with Crippen LogP contribution in [0.25, 0.3) is 0 Å². The van der Waals surface area contributed by atoms with Crippen molar-refractivity contribution in [2.24, 2.45) is 4.99 Å². The number of rotatable bonds is 8. The fraction of sp³-hybridized carbons (Fsp3) is 0.588. The molecular weight excluding hydrogens is 504 g/mol. The molecule has 1 aromatic rings. The van der Waals surface area contributed by atoms with Crippen molar-refractivity contribution in [1.29, 1.82) is 0 Å². The van der Waals surface area contributed by atoms with Gasteiger partial charge < -0.3 is 20.1 Å². The third-order valence-corrected chi connectivity index (χ3v) is 4.12. The molecule has 1 aromatic carbocycles. The minimum Gasteiger partial charge on any atom is -0.379 e. The molecule has 1 aliphatic heterocycles. The number of hydrogen-bond acceptors (Lipinski definition) is 3. The van der Waals surface area contributed by atoms with Gasteiger partial charge in [0.1, 0.15) is 5.82 Å². The zero-order valence-corrected chi connectivity index (χ0v) is 18.3. The van der Waals surface area contributed by atoms with Crippen LogP contribution in [0, 0.1) is 5.82 Å².